The second-order valence-corrected chi connectivity index (χ2v) is 3.94. The van der Waals surface area contributed by atoms with Gasteiger partial charge in [0.15, 0.2) is 0 Å². The van der Waals surface area contributed by atoms with Crippen LogP contribution >= 0.6 is 0 Å². The summed E-state index contributed by atoms with van der Waals surface area (Å²) in [6, 6.07) is 6.33. The second kappa shape index (κ2) is 6.34. The zero-order valence-electron chi connectivity index (χ0n) is 10.1. The molecule has 6 heteroatoms. The van der Waals surface area contributed by atoms with Gasteiger partial charge < -0.3 is 25.4 Å². The summed E-state index contributed by atoms with van der Waals surface area (Å²) >= 11 is 0. The third-order valence-electron chi connectivity index (χ3n) is 2.64. The summed E-state index contributed by atoms with van der Waals surface area (Å²) < 4.78 is 4.96. The van der Waals surface area contributed by atoms with Crippen LogP contribution in [0.1, 0.15) is 10.4 Å². The lowest BCUT2D eigenvalue weighted by atomic mass is 10.0. The molecule has 0 bridgehead atoms. The van der Waals surface area contributed by atoms with Gasteiger partial charge in [0.1, 0.15) is 11.3 Å². The maximum Gasteiger partial charge on any atom is 0.251 e. The number of benzene rings is 1. The Kier molecular flexibility index (Phi) is 5.08. The molecule has 0 heterocycles. The van der Waals surface area contributed by atoms with Crippen molar-refractivity contribution in [2.45, 2.75) is 5.54 Å². The number of rotatable bonds is 6. The Hall–Kier alpha value is -1.63. The molecule has 0 atom stereocenters. The quantitative estimate of drug-likeness (QED) is 0.530. The molecule has 0 saturated heterocycles. The van der Waals surface area contributed by atoms with Crippen molar-refractivity contribution in [3.8, 4) is 5.75 Å². The van der Waals surface area contributed by atoms with Crippen molar-refractivity contribution >= 4 is 5.91 Å². The SMILES string of the molecule is COc1ccc(C(=O)NC(CO)(CO)CO)cc1. The number of aliphatic hydroxyl groups is 3. The fourth-order valence-electron chi connectivity index (χ4n) is 1.32. The van der Waals surface area contributed by atoms with Gasteiger partial charge in [0.2, 0.25) is 0 Å². The van der Waals surface area contributed by atoms with Gasteiger partial charge in [-0.05, 0) is 24.3 Å². The summed E-state index contributed by atoms with van der Waals surface area (Å²) in [5, 5.41) is 29.7. The predicted octanol–water partition coefficient (Wildman–Crippen LogP) is -0.859. The highest BCUT2D eigenvalue weighted by Crippen LogP contribution is 2.12. The zero-order chi connectivity index (χ0) is 13.6. The number of carbonyl (C=O) groups is 1. The van der Waals surface area contributed by atoms with E-state index in [1.165, 1.54) is 7.11 Å². The van der Waals surface area contributed by atoms with Crippen molar-refractivity contribution in [1.82, 2.24) is 5.32 Å². The van der Waals surface area contributed by atoms with Crippen molar-refractivity contribution in [1.29, 1.82) is 0 Å². The number of amides is 1. The van der Waals surface area contributed by atoms with E-state index in [-0.39, 0.29) is 0 Å². The lowest BCUT2D eigenvalue weighted by molar-refractivity contribution is 0.0375. The van der Waals surface area contributed by atoms with Gasteiger partial charge in [-0.25, -0.2) is 0 Å². The molecule has 0 aromatic heterocycles. The summed E-state index contributed by atoms with van der Waals surface area (Å²) in [5.74, 6) is 0.124. The smallest absolute Gasteiger partial charge is 0.251 e. The lowest BCUT2D eigenvalue weighted by Crippen LogP contribution is -2.57. The van der Waals surface area contributed by atoms with Gasteiger partial charge in [-0.1, -0.05) is 0 Å². The Labute approximate surface area is 105 Å². The van der Waals surface area contributed by atoms with E-state index < -0.39 is 31.3 Å². The summed E-state index contributed by atoms with van der Waals surface area (Å²) in [6.07, 6.45) is 0. The molecule has 0 saturated carbocycles. The van der Waals surface area contributed by atoms with Gasteiger partial charge in [-0.2, -0.15) is 0 Å². The van der Waals surface area contributed by atoms with Crippen LogP contribution in [0.2, 0.25) is 0 Å². The average Bonchev–Trinajstić information content (AvgIpc) is 2.45. The van der Waals surface area contributed by atoms with Gasteiger partial charge in [0.25, 0.3) is 5.91 Å². The van der Waals surface area contributed by atoms with Crippen LogP contribution in [-0.4, -0.2) is 53.7 Å². The Balaban J connectivity index is 2.80. The minimum absolute atomic E-state index is 0.343. The third-order valence-corrected chi connectivity index (χ3v) is 2.64. The minimum atomic E-state index is -1.42. The van der Waals surface area contributed by atoms with E-state index in [2.05, 4.69) is 5.32 Å². The molecule has 18 heavy (non-hydrogen) atoms. The number of methoxy groups -OCH3 is 1. The van der Waals surface area contributed by atoms with Crippen LogP contribution < -0.4 is 10.1 Å². The fraction of sp³-hybridized carbons (Fsp3) is 0.417. The van der Waals surface area contributed by atoms with E-state index >= 15 is 0 Å². The van der Waals surface area contributed by atoms with Crippen molar-refractivity contribution in [2.75, 3.05) is 26.9 Å². The second-order valence-electron chi connectivity index (χ2n) is 3.94. The van der Waals surface area contributed by atoms with Crippen molar-refractivity contribution in [2.24, 2.45) is 0 Å². The Bertz CT molecular complexity index is 378. The first-order chi connectivity index (χ1) is 8.60. The van der Waals surface area contributed by atoms with Gasteiger partial charge in [0, 0.05) is 5.56 Å². The van der Waals surface area contributed by atoms with E-state index in [1.807, 2.05) is 0 Å². The molecule has 1 aromatic rings. The highest BCUT2D eigenvalue weighted by molar-refractivity contribution is 5.94. The van der Waals surface area contributed by atoms with Crippen LogP contribution in [0.5, 0.6) is 5.75 Å². The Morgan fingerprint density at radius 2 is 1.67 bits per heavy atom. The molecule has 0 fully saturated rings. The average molecular weight is 255 g/mol. The van der Waals surface area contributed by atoms with Gasteiger partial charge in [-0.15, -0.1) is 0 Å². The maximum atomic E-state index is 11.9. The van der Waals surface area contributed by atoms with E-state index in [0.29, 0.717) is 11.3 Å². The van der Waals surface area contributed by atoms with Crippen LogP contribution in [0.25, 0.3) is 0 Å². The zero-order valence-corrected chi connectivity index (χ0v) is 10.1. The van der Waals surface area contributed by atoms with Crippen LogP contribution in [-0.2, 0) is 0 Å². The summed E-state index contributed by atoms with van der Waals surface area (Å²) in [5.41, 5.74) is -1.08. The number of hydrogen-bond acceptors (Lipinski definition) is 5. The molecule has 1 rings (SSSR count). The maximum absolute atomic E-state index is 11.9. The normalized spacial score (nSPS) is 11.1. The van der Waals surface area contributed by atoms with Gasteiger partial charge >= 0.3 is 0 Å². The number of hydrogen-bond donors (Lipinski definition) is 4. The molecule has 1 amide bonds. The molecule has 100 valence electrons. The van der Waals surface area contributed by atoms with Crippen LogP contribution in [0.15, 0.2) is 24.3 Å². The summed E-state index contributed by atoms with van der Waals surface area (Å²) in [4.78, 5) is 11.9. The van der Waals surface area contributed by atoms with Crippen molar-refractivity contribution < 1.29 is 24.9 Å². The molecule has 6 nitrogen and oxygen atoms in total. The fourth-order valence-corrected chi connectivity index (χ4v) is 1.32. The molecular formula is C12H17NO5. The summed E-state index contributed by atoms with van der Waals surface area (Å²) in [6.45, 7) is -1.66. The third kappa shape index (κ3) is 3.19. The first-order valence-corrected chi connectivity index (χ1v) is 5.40. The van der Waals surface area contributed by atoms with Crippen LogP contribution in [0.4, 0.5) is 0 Å². The van der Waals surface area contributed by atoms with Crippen LogP contribution in [0.3, 0.4) is 0 Å². The lowest BCUT2D eigenvalue weighted by Gasteiger charge is -2.28. The number of ether oxygens (including phenoxy) is 1. The molecule has 0 unspecified atom stereocenters. The molecule has 0 aliphatic carbocycles. The standard InChI is InChI=1S/C12H17NO5/c1-18-10-4-2-9(3-5-10)11(17)13-12(6-14,7-15)8-16/h2-5,14-16H,6-8H2,1H3,(H,13,17). The topological polar surface area (TPSA) is 99.0 Å². The molecule has 0 aliphatic rings. The van der Waals surface area contributed by atoms with Crippen LogP contribution in [0, 0.1) is 0 Å². The van der Waals surface area contributed by atoms with E-state index in [4.69, 9.17) is 20.1 Å². The molecule has 0 radical (unpaired) electrons. The largest absolute Gasteiger partial charge is 0.497 e. The Morgan fingerprint density at radius 1 is 1.17 bits per heavy atom. The van der Waals surface area contributed by atoms with Crippen molar-refractivity contribution in [3.63, 3.8) is 0 Å². The highest BCUT2D eigenvalue weighted by Gasteiger charge is 2.30. The Morgan fingerprint density at radius 3 is 2.06 bits per heavy atom. The first kappa shape index (κ1) is 14.4. The predicted molar refractivity (Wildman–Crippen MR) is 64.4 cm³/mol. The van der Waals surface area contributed by atoms with Gasteiger partial charge in [-0.3, -0.25) is 4.79 Å². The molecule has 4 N–H and O–H groups in total. The highest BCUT2D eigenvalue weighted by atomic mass is 16.5. The number of nitrogens with one attached hydrogen (secondary N) is 1. The molecular weight excluding hydrogens is 238 g/mol. The summed E-state index contributed by atoms with van der Waals surface area (Å²) in [7, 11) is 1.52. The monoisotopic (exact) mass is 255 g/mol. The number of carbonyl (C=O) groups excluding carboxylic acids is 1. The molecule has 0 aliphatic heterocycles. The van der Waals surface area contributed by atoms with E-state index in [9.17, 15) is 4.79 Å². The molecule has 1 aromatic carbocycles. The first-order valence-electron chi connectivity index (χ1n) is 5.40. The molecule has 0 spiro atoms. The number of aliphatic hydroxyl groups excluding tert-OH is 3. The minimum Gasteiger partial charge on any atom is -0.497 e. The van der Waals surface area contributed by atoms with Gasteiger partial charge in [0.05, 0.1) is 26.9 Å². The van der Waals surface area contributed by atoms with E-state index in [0.717, 1.165) is 0 Å². The van der Waals surface area contributed by atoms with E-state index in [1.54, 1.807) is 24.3 Å². The van der Waals surface area contributed by atoms with Crippen molar-refractivity contribution in [3.05, 3.63) is 29.8 Å².